The zero-order chi connectivity index (χ0) is 19.5. The van der Waals surface area contributed by atoms with Gasteiger partial charge in [-0.15, -0.1) is 0 Å². The summed E-state index contributed by atoms with van der Waals surface area (Å²) in [4.78, 5) is 28.7. The molecule has 1 saturated heterocycles. The van der Waals surface area contributed by atoms with E-state index in [1.165, 1.54) is 5.56 Å². The minimum Gasteiger partial charge on any atom is -0.343 e. The fraction of sp³-hybridized carbons (Fsp3) is 0.652. The van der Waals surface area contributed by atoms with Gasteiger partial charge < -0.3 is 9.80 Å². The van der Waals surface area contributed by atoms with Crippen molar-refractivity contribution in [3.63, 3.8) is 0 Å². The van der Waals surface area contributed by atoms with Gasteiger partial charge in [0.15, 0.2) is 0 Å². The van der Waals surface area contributed by atoms with Gasteiger partial charge >= 0.3 is 0 Å². The molecule has 150 valence electrons. The molecule has 0 unspecified atom stereocenters. The van der Waals surface area contributed by atoms with Crippen LogP contribution < -0.4 is 0 Å². The number of carbonyl (C=O) groups is 2. The summed E-state index contributed by atoms with van der Waals surface area (Å²) in [5.41, 5.74) is 1.39. The predicted octanol–water partition coefficient (Wildman–Crippen LogP) is 4.29. The molecular formula is C23H36N2O2. The maximum absolute atomic E-state index is 12.5. The van der Waals surface area contributed by atoms with Gasteiger partial charge in [-0.1, -0.05) is 44.2 Å². The number of likely N-dealkylation sites (tertiary alicyclic amines) is 1. The maximum Gasteiger partial charge on any atom is 0.222 e. The summed E-state index contributed by atoms with van der Waals surface area (Å²) in [6, 6.07) is 10.6. The molecule has 1 aliphatic heterocycles. The lowest BCUT2D eigenvalue weighted by Crippen LogP contribution is -2.39. The van der Waals surface area contributed by atoms with Gasteiger partial charge in [0.05, 0.1) is 0 Å². The van der Waals surface area contributed by atoms with E-state index < -0.39 is 0 Å². The molecule has 1 aromatic carbocycles. The molecule has 0 bridgehead atoms. The SMILES string of the molecule is CCCN(CCC)C(=O)CCCC(=O)N1CCC(Cc2ccccc2)CC1. The highest BCUT2D eigenvalue weighted by Crippen LogP contribution is 2.22. The Morgan fingerprint density at radius 2 is 1.63 bits per heavy atom. The molecule has 1 aliphatic rings. The van der Waals surface area contributed by atoms with E-state index in [2.05, 4.69) is 44.2 Å². The van der Waals surface area contributed by atoms with Gasteiger partial charge in [0.2, 0.25) is 11.8 Å². The summed E-state index contributed by atoms with van der Waals surface area (Å²) in [6.07, 6.45) is 6.93. The Labute approximate surface area is 164 Å². The van der Waals surface area contributed by atoms with Gasteiger partial charge in [0.25, 0.3) is 0 Å². The third kappa shape index (κ3) is 7.36. The van der Waals surface area contributed by atoms with Gasteiger partial charge in [-0.25, -0.2) is 0 Å². The minimum absolute atomic E-state index is 0.202. The monoisotopic (exact) mass is 372 g/mol. The fourth-order valence-electron chi connectivity index (χ4n) is 3.94. The molecule has 0 N–H and O–H groups in total. The second-order valence-corrected chi connectivity index (χ2v) is 7.75. The number of hydrogen-bond acceptors (Lipinski definition) is 2. The van der Waals surface area contributed by atoms with E-state index in [0.717, 1.165) is 58.3 Å². The van der Waals surface area contributed by atoms with Crippen molar-refractivity contribution in [2.75, 3.05) is 26.2 Å². The van der Waals surface area contributed by atoms with Crippen molar-refractivity contribution in [1.82, 2.24) is 9.80 Å². The zero-order valence-corrected chi connectivity index (χ0v) is 17.2. The summed E-state index contributed by atoms with van der Waals surface area (Å²) < 4.78 is 0. The van der Waals surface area contributed by atoms with E-state index in [0.29, 0.717) is 25.2 Å². The first-order valence-electron chi connectivity index (χ1n) is 10.7. The third-order valence-corrected chi connectivity index (χ3v) is 5.46. The third-order valence-electron chi connectivity index (χ3n) is 5.46. The minimum atomic E-state index is 0.202. The first-order chi connectivity index (χ1) is 13.1. The standard InChI is InChI=1S/C23H36N2O2/c1-3-15-24(16-4-2)22(26)11-8-12-23(27)25-17-13-21(14-18-25)19-20-9-6-5-7-10-20/h5-7,9-10,21H,3-4,8,11-19H2,1-2H3. The van der Waals surface area contributed by atoms with Gasteiger partial charge in [0, 0.05) is 39.0 Å². The van der Waals surface area contributed by atoms with Crippen molar-refractivity contribution in [1.29, 1.82) is 0 Å². The van der Waals surface area contributed by atoms with E-state index in [-0.39, 0.29) is 11.8 Å². The van der Waals surface area contributed by atoms with Crippen LogP contribution in [0.5, 0.6) is 0 Å². The molecule has 2 amide bonds. The summed E-state index contributed by atoms with van der Waals surface area (Å²) in [7, 11) is 0. The molecular weight excluding hydrogens is 336 g/mol. The smallest absolute Gasteiger partial charge is 0.222 e. The maximum atomic E-state index is 12.5. The Hall–Kier alpha value is -1.84. The lowest BCUT2D eigenvalue weighted by Gasteiger charge is -2.32. The first-order valence-corrected chi connectivity index (χ1v) is 10.7. The topological polar surface area (TPSA) is 40.6 Å². The van der Waals surface area contributed by atoms with Crippen LogP contribution in [0.4, 0.5) is 0 Å². The molecule has 0 radical (unpaired) electrons. The Bertz CT molecular complexity index is 559. The molecule has 0 aromatic heterocycles. The highest BCUT2D eigenvalue weighted by atomic mass is 16.2. The van der Waals surface area contributed by atoms with Crippen LogP contribution in [-0.4, -0.2) is 47.8 Å². The molecule has 0 saturated carbocycles. The highest BCUT2D eigenvalue weighted by Gasteiger charge is 2.23. The molecule has 0 spiro atoms. The Balaban J connectivity index is 1.66. The van der Waals surface area contributed by atoms with E-state index in [9.17, 15) is 9.59 Å². The van der Waals surface area contributed by atoms with Crippen LogP contribution in [0.3, 0.4) is 0 Å². The number of amides is 2. The van der Waals surface area contributed by atoms with Crippen molar-refractivity contribution in [2.45, 2.75) is 65.2 Å². The van der Waals surface area contributed by atoms with Crippen LogP contribution in [0.15, 0.2) is 30.3 Å². The molecule has 1 aromatic rings. The Morgan fingerprint density at radius 1 is 1.00 bits per heavy atom. The number of hydrogen-bond donors (Lipinski definition) is 0. The zero-order valence-electron chi connectivity index (χ0n) is 17.2. The number of carbonyl (C=O) groups excluding carboxylic acids is 2. The Kier molecular flexibility index (Phi) is 9.37. The predicted molar refractivity (Wildman–Crippen MR) is 110 cm³/mol. The number of rotatable bonds is 10. The van der Waals surface area contributed by atoms with Crippen LogP contribution in [0.1, 0.15) is 64.4 Å². The van der Waals surface area contributed by atoms with E-state index >= 15 is 0 Å². The molecule has 1 fully saturated rings. The second kappa shape index (κ2) is 11.8. The molecule has 2 rings (SSSR count). The molecule has 4 heteroatoms. The largest absolute Gasteiger partial charge is 0.343 e. The molecule has 27 heavy (non-hydrogen) atoms. The average Bonchev–Trinajstić information content (AvgIpc) is 2.69. The lowest BCUT2D eigenvalue weighted by atomic mass is 9.90. The van der Waals surface area contributed by atoms with Crippen LogP contribution in [-0.2, 0) is 16.0 Å². The van der Waals surface area contributed by atoms with Crippen LogP contribution in [0, 0.1) is 5.92 Å². The van der Waals surface area contributed by atoms with Crippen LogP contribution in [0.25, 0.3) is 0 Å². The van der Waals surface area contributed by atoms with Crippen LogP contribution >= 0.6 is 0 Å². The van der Waals surface area contributed by atoms with Gasteiger partial charge in [-0.3, -0.25) is 9.59 Å². The summed E-state index contributed by atoms with van der Waals surface area (Å²) >= 11 is 0. The number of benzene rings is 1. The highest BCUT2D eigenvalue weighted by molar-refractivity contribution is 5.79. The van der Waals surface area contributed by atoms with Crippen molar-refractivity contribution >= 4 is 11.8 Å². The summed E-state index contributed by atoms with van der Waals surface area (Å²) in [5, 5.41) is 0. The molecule has 0 aliphatic carbocycles. The fourth-order valence-corrected chi connectivity index (χ4v) is 3.94. The summed E-state index contributed by atoms with van der Waals surface area (Å²) in [5.74, 6) is 1.10. The van der Waals surface area contributed by atoms with E-state index in [1.807, 2.05) is 9.80 Å². The number of nitrogens with zero attached hydrogens (tertiary/aromatic N) is 2. The van der Waals surface area contributed by atoms with Gasteiger partial charge in [-0.05, 0) is 50.0 Å². The molecule has 4 nitrogen and oxygen atoms in total. The number of piperidine rings is 1. The van der Waals surface area contributed by atoms with Crippen molar-refractivity contribution < 1.29 is 9.59 Å². The van der Waals surface area contributed by atoms with Gasteiger partial charge in [0.1, 0.15) is 0 Å². The summed E-state index contributed by atoms with van der Waals surface area (Å²) in [6.45, 7) is 7.58. The second-order valence-electron chi connectivity index (χ2n) is 7.75. The molecule has 0 atom stereocenters. The normalized spacial score (nSPS) is 15.0. The van der Waals surface area contributed by atoms with Crippen molar-refractivity contribution in [2.24, 2.45) is 5.92 Å². The lowest BCUT2D eigenvalue weighted by molar-refractivity contribution is -0.133. The van der Waals surface area contributed by atoms with Crippen molar-refractivity contribution in [3.8, 4) is 0 Å². The average molecular weight is 373 g/mol. The van der Waals surface area contributed by atoms with Crippen molar-refractivity contribution in [3.05, 3.63) is 35.9 Å². The molecule has 1 heterocycles. The van der Waals surface area contributed by atoms with Gasteiger partial charge in [-0.2, -0.15) is 0 Å². The first kappa shape index (κ1) is 21.5. The Morgan fingerprint density at radius 3 is 2.22 bits per heavy atom. The quantitative estimate of drug-likeness (QED) is 0.615. The van der Waals surface area contributed by atoms with E-state index in [1.54, 1.807) is 0 Å². The van der Waals surface area contributed by atoms with E-state index in [4.69, 9.17) is 0 Å². The van der Waals surface area contributed by atoms with Crippen LogP contribution in [0.2, 0.25) is 0 Å².